The monoisotopic (exact) mass is 212 g/mol. The first kappa shape index (κ1) is 11.8. The number of benzene rings is 1. The normalized spacial score (nSPS) is 10.3. The summed E-state index contributed by atoms with van der Waals surface area (Å²) in [6.07, 6.45) is 2.95. The molecule has 3 heteroatoms. The molecule has 0 heterocycles. The number of hydrogen-bond acceptors (Lipinski definition) is 1. The summed E-state index contributed by atoms with van der Waals surface area (Å²) in [5.41, 5.74) is -0.133. The van der Waals surface area contributed by atoms with Crippen molar-refractivity contribution in [3.05, 3.63) is 35.4 Å². The molecular formula is C12H14F2O. The number of carbonyl (C=O) groups is 1. The zero-order valence-corrected chi connectivity index (χ0v) is 8.72. The fourth-order valence-corrected chi connectivity index (χ4v) is 1.38. The average molecular weight is 212 g/mol. The molecule has 0 aliphatic rings. The van der Waals surface area contributed by atoms with Crippen molar-refractivity contribution in [1.82, 2.24) is 0 Å². The van der Waals surface area contributed by atoms with Gasteiger partial charge in [-0.2, -0.15) is 0 Å². The van der Waals surface area contributed by atoms with Crippen molar-refractivity contribution in [1.29, 1.82) is 0 Å². The van der Waals surface area contributed by atoms with Gasteiger partial charge in [0.2, 0.25) is 0 Å². The summed E-state index contributed by atoms with van der Waals surface area (Å²) in [5.74, 6) is -1.53. The molecule has 82 valence electrons. The third-order valence-electron chi connectivity index (χ3n) is 2.24. The average Bonchev–Trinajstić information content (AvgIpc) is 2.22. The highest BCUT2D eigenvalue weighted by Crippen LogP contribution is 2.13. The summed E-state index contributed by atoms with van der Waals surface area (Å²) < 4.78 is 25.9. The predicted octanol–water partition coefficient (Wildman–Crippen LogP) is 3.73. The van der Waals surface area contributed by atoms with Crippen LogP contribution in [0.1, 0.15) is 43.0 Å². The SMILES string of the molecule is CCCCCC(=O)c1cc(F)ccc1F. The van der Waals surface area contributed by atoms with Gasteiger partial charge in [-0.15, -0.1) is 0 Å². The van der Waals surface area contributed by atoms with Gasteiger partial charge < -0.3 is 0 Å². The van der Waals surface area contributed by atoms with Gasteiger partial charge in [-0.1, -0.05) is 19.8 Å². The molecular weight excluding hydrogens is 198 g/mol. The van der Waals surface area contributed by atoms with E-state index in [0.717, 1.165) is 37.5 Å². The van der Waals surface area contributed by atoms with Crippen LogP contribution in [0, 0.1) is 11.6 Å². The Morgan fingerprint density at radius 3 is 2.67 bits per heavy atom. The summed E-state index contributed by atoms with van der Waals surface area (Å²) in [5, 5.41) is 0. The third kappa shape index (κ3) is 3.42. The first-order chi connectivity index (χ1) is 7.15. The third-order valence-corrected chi connectivity index (χ3v) is 2.24. The van der Waals surface area contributed by atoms with E-state index in [2.05, 4.69) is 0 Å². The molecule has 0 fully saturated rings. The number of rotatable bonds is 5. The molecule has 0 atom stereocenters. The zero-order valence-electron chi connectivity index (χ0n) is 8.72. The maximum Gasteiger partial charge on any atom is 0.165 e. The zero-order chi connectivity index (χ0) is 11.3. The molecule has 0 saturated heterocycles. The Bertz CT molecular complexity index is 347. The van der Waals surface area contributed by atoms with Gasteiger partial charge in [-0.05, 0) is 24.6 Å². The van der Waals surface area contributed by atoms with E-state index in [0.29, 0.717) is 0 Å². The maximum absolute atomic E-state index is 13.1. The number of unbranched alkanes of at least 4 members (excludes halogenated alkanes) is 2. The first-order valence-electron chi connectivity index (χ1n) is 5.13. The highest BCUT2D eigenvalue weighted by Gasteiger charge is 2.11. The van der Waals surface area contributed by atoms with Crippen molar-refractivity contribution in [3.63, 3.8) is 0 Å². The van der Waals surface area contributed by atoms with Crippen LogP contribution in [-0.4, -0.2) is 5.78 Å². The smallest absolute Gasteiger partial charge is 0.165 e. The molecule has 0 aliphatic heterocycles. The summed E-state index contributed by atoms with van der Waals surface area (Å²) in [7, 11) is 0. The molecule has 1 aromatic carbocycles. The first-order valence-corrected chi connectivity index (χ1v) is 5.13. The molecule has 15 heavy (non-hydrogen) atoms. The van der Waals surface area contributed by atoms with Crippen molar-refractivity contribution < 1.29 is 13.6 Å². The van der Waals surface area contributed by atoms with Crippen molar-refractivity contribution in [2.24, 2.45) is 0 Å². The van der Waals surface area contributed by atoms with Crippen molar-refractivity contribution >= 4 is 5.78 Å². The summed E-state index contributed by atoms with van der Waals surface area (Å²) >= 11 is 0. The molecule has 0 N–H and O–H groups in total. The minimum atomic E-state index is -0.641. The molecule has 0 aliphatic carbocycles. The van der Waals surface area contributed by atoms with E-state index < -0.39 is 11.6 Å². The van der Waals surface area contributed by atoms with Gasteiger partial charge in [0.05, 0.1) is 5.56 Å². The van der Waals surface area contributed by atoms with Gasteiger partial charge in [0, 0.05) is 6.42 Å². The van der Waals surface area contributed by atoms with Crippen LogP contribution in [0.4, 0.5) is 8.78 Å². The number of hydrogen-bond donors (Lipinski definition) is 0. The van der Waals surface area contributed by atoms with Gasteiger partial charge in [0.15, 0.2) is 5.78 Å². The van der Waals surface area contributed by atoms with E-state index in [-0.39, 0.29) is 17.8 Å². The fourth-order valence-electron chi connectivity index (χ4n) is 1.38. The molecule has 0 spiro atoms. The lowest BCUT2D eigenvalue weighted by molar-refractivity contribution is 0.0975. The summed E-state index contributed by atoms with van der Waals surface area (Å²) in [6, 6.07) is 2.96. The van der Waals surface area contributed by atoms with Gasteiger partial charge in [-0.3, -0.25) is 4.79 Å². The van der Waals surface area contributed by atoms with Gasteiger partial charge in [-0.25, -0.2) is 8.78 Å². The second kappa shape index (κ2) is 5.59. The quantitative estimate of drug-likeness (QED) is 0.537. The van der Waals surface area contributed by atoms with E-state index in [1.54, 1.807) is 0 Å². The van der Waals surface area contributed by atoms with Crippen molar-refractivity contribution in [2.45, 2.75) is 32.6 Å². The number of halogens is 2. The molecule has 1 rings (SSSR count). The topological polar surface area (TPSA) is 17.1 Å². The molecule has 0 saturated carbocycles. The Balaban J connectivity index is 2.68. The summed E-state index contributed by atoms with van der Waals surface area (Å²) in [6.45, 7) is 2.02. The standard InChI is InChI=1S/C12H14F2O/c1-2-3-4-5-12(15)10-8-9(13)6-7-11(10)14/h6-8H,2-5H2,1H3. The Kier molecular flexibility index (Phi) is 4.40. The van der Waals surface area contributed by atoms with E-state index in [1.807, 2.05) is 6.92 Å². The largest absolute Gasteiger partial charge is 0.294 e. The van der Waals surface area contributed by atoms with Crippen LogP contribution in [-0.2, 0) is 0 Å². The van der Waals surface area contributed by atoms with Crippen LogP contribution >= 0.6 is 0 Å². The van der Waals surface area contributed by atoms with E-state index in [1.165, 1.54) is 0 Å². The van der Waals surface area contributed by atoms with Gasteiger partial charge >= 0.3 is 0 Å². The van der Waals surface area contributed by atoms with E-state index in [9.17, 15) is 13.6 Å². The van der Waals surface area contributed by atoms with Crippen LogP contribution in [0.5, 0.6) is 0 Å². The molecule has 0 aromatic heterocycles. The Morgan fingerprint density at radius 2 is 2.00 bits per heavy atom. The van der Waals surface area contributed by atoms with Crippen LogP contribution < -0.4 is 0 Å². The van der Waals surface area contributed by atoms with Crippen LogP contribution in [0.3, 0.4) is 0 Å². The molecule has 0 bridgehead atoms. The number of carbonyl (C=O) groups excluding carboxylic acids is 1. The Morgan fingerprint density at radius 1 is 1.27 bits per heavy atom. The maximum atomic E-state index is 13.1. The number of Topliss-reactive ketones (excluding diaryl/α,β-unsaturated/α-hetero) is 1. The van der Waals surface area contributed by atoms with Crippen molar-refractivity contribution in [3.8, 4) is 0 Å². The van der Waals surface area contributed by atoms with E-state index in [4.69, 9.17) is 0 Å². The molecule has 0 radical (unpaired) electrons. The minimum Gasteiger partial charge on any atom is -0.294 e. The van der Waals surface area contributed by atoms with Crippen LogP contribution in [0.25, 0.3) is 0 Å². The molecule has 1 nitrogen and oxygen atoms in total. The van der Waals surface area contributed by atoms with Crippen LogP contribution in [0.2, 0.25) is 0 Å². The van der Waals surface area contributed by atoms with Gasteiger partial charge in [0.1, 0.15) is 11.6 Å². The van der Waals surface area contributed by atoms with E-state index >= 15 is 0 Å². The fraction of sp³-hybridized carbons (Fsp3) is 0.417. The van der Waals surface area contributed by atoms with Crippen molar-refractivity contribution in [2.75, 3.05) is 0 Å². The Hall–Kier alpha value is -1.25. The lowest BCUT2D eigenvalue weighted by Gasteiger charge is -2.02. The van der Waals surface area contributed by atoms with Crippen LogP contribution in [0.15, 0.2) is 18.2 Å². The molecule has 0 amide bonds. The highest BCUT2D eigenvalue weighted by molar-refractivity contribution is 5.96. The molecule has 1 aromatic rings. The predicted molar refractivity (Wildman–Crippen MR) is 54.8 cm³/mol. The minimum absolute atomic E-state index is 0.133. The second-order valence-corrected chi connectivity index (χ2v) is 3.50. The lowest BCUT2D eigenvalue weighted by Crippen LogP contribution is -2.03. The van der Waals surface area contributed by atoms with Gasteiger partial charge in [0.25, 0.3) is 0 Å². The number of ketones is 1. The highest BCUT2D eigenvalue weighted by atomic mass is 19.1. The molecule has 0 unspecified atom stereocenters. The summed E-state index contributed by atoms with van der Waals surface area (Å²) in [4.78, 5) is 11.5. The second-order valence-electron chi connectivity index (χ2n) is 3.50. The lowest BCUT2D eigenvalue weighted by atomic mass is 10.0. The Labute approximate surface area is 88.1 Å².